The third-order valence-electron chi connectivity index (χ3n) is 4.49. The molecule has 0 heterocycles. The minimum Gasteiger partial charge on any atom is -0.497 e. The predicted octanol–water partition coefficient (Wildman–Crippen LogP) is 4.33. The van der Waals surface area contributed by atoms with E-state index >= 15 is 0 Å². The number of anilines is 1. The summed E-state index contributed by atoms with van der Waals surface area (Å²) in [4.78, 5) is 24.3. The Labute approximate surface area is 148 Å². The Bertz CT molecular complexity index is 642. The second-order valence-electron chi connectivity index (χ2n) is 7.49. The van der Waals surface area contributed by atoms with E-state index in [-0.39, 0.29) is 0 Å². The summed E-state index contributed by atoms with van der Waals surface area (Å²) in [7, 11) is 1.54. The number of methoxy groups -OCH3 is 1. The van der Waals surface area contributed by atoms with Gasteiger partial charge in [-0.25, -0.2) is 4.79 Å². The molecule has 0 radical (unpaired) electrons. The molecule has 6 nitrogen and oxygen atoms in total. The Morgan fingerprint density at radius 2 is 1.80 bits per heavy atom. The van der Waals surface area contributed by atoms with Gasteiger partial charge in [-0.2, -0.15) is 0 Å². The van der Waals surface area contributed by atoms with Gasteiger partial charge in [-0.3, -0.25) is 10.1 Å². The van der Waals surface area contributed by atoms with Crippen molar-refractivity contribution in [2.75, 3.05) is 12.4 Å². The molecule has 1 amide bonds. The van der Waals surface area contributed by atoms with Gasteiger partial charge in [0.15, 0.2) is 0 Å². The lowest BCUT2D eigenvalue weighted by Crippen LogP contribution is -2.39. The largest absolute Gasteiger partial charge is 0.497 e. The molecular formula is C19H27NO5. The highest BCUT2D eigenvalue weighted by Gasteiger charge is 2.43. The first-order chi connectivity index (χ1) is 11.7. The minimum absolute atomic E-state index is 0.458. The monoisotopic (exact) mass is 349 g/mol. The van der Waals surface area contributed by atoms with Gasteiger partial charge in [-0.1, -0.05) is 19.3 Å². The van der Waals surface area contributed by atoms with E-state index in [1.165, 1.54) is 7.11 Å². The Morgan fingerprint density at radius 3 is 2.32 bits per heavy atom. The van der Waals surface area contributed by atoms with Crippen LogP contribution in [0.3, 0.4) is 0 Å². The standard InChI is InChI=1S/C19H27NO5/c1-18(2,3)25-17(23)20-15-9-8-13(24-4)12-14(15)19(16(21)22)10-6-5-7-11-19/h8-9,12H,5-7,10-11H2,1-4H3,(H,20,23)(H,21,22). The Morgan fingerprint density at radius 1 is 1.16 bits per heavy atom. The lowest BCUT2D eigenvalue weighted by atomic mass is 9.69. The van der Waals surface area contributed by atoms with Crippen LogP contribution in [0.5, 0.6) is 5.75 Å². The summed E-state index contributed by atoms with van der Waals surface area (Å²) in [6.07, 6.45) is 3.19. The van der Waals surface area contributed by atoms with Crippen molar-refractivity contribution in [1.82, 2.24) is 0 Å². The van der Waals surface area contributed by atoms with Crippen LogP contribution >= 0.6 is 0 Å². The van der Waals surface area contributed by atoms with Gasteiger partial charge in [-0.15, -0.1) is 0 Å². The average Bonchev–Trinajstić information content (AvgIpc) is 2.54. The summed E-state index contributed by atoms with van der Waals surface area (Å²) in [5.74, 6) is -0.302. The Hall–Kier alpha value is -2.24. The van der Waals surface area contributed by atoms with E-state index in [0.29, 0.717) is 29.8 Å². The molecule has 1 aliphatic rings. The summed E-state index contributed by atoms with van der Waals surface area (Å²) in [5, 5.41) is 12.7. The van der Waals surface area contributed by atoms with Gasteiger partial charge >= 0.3 is 12.1 Å². The smallest absolute Gasteiger partial charge is 0.412 e. The molecule has 0 aliphatic heterocycles. The maximum Gasteiger partial charge on any atom is 0.412 e. The fraction of sp³-hybridized carbons (Fsp3) is 0.579. The van der Waals surface area contributed by atoms with Crippen molar-refractivity contribution in [3.05, 3.63) is 23.8 Å². The van der Waals surface area contributed by atoms with Gasteiger partial charge in [0, 0.05) is 5.69 Å². The molecule has 1 aromatic carbocycles. The summed E-state index contributed by atoms with van der Waals surface area (Å²) in [6.45, 7) is 5.34. The van der Waals surface area contributed by atoms with Gasteiger partial charge < -0.3 is 14.6 Å². The van der Waals surface area contributed by atoms with E-state index in [1.807, 2.05) is 0 Å². The second kappa shape index (κ2) is 7.33. The summed E-state index contributed by atoms with van der Waals surface area (Å²) in [6, 6.07) is 5.10. The number of carbonyl (C=O) groups excluding carboxylic acids is 1. The number of amides is 1. The molecule has 0 spiro atoms. The van der Waals surface area contributed by atoms with E-state index in [0.717, 1.165) is 19.3 Å². The van der Waals surface area contributed by atoms with Crippen molar-refractivity contribution < 1.29 is 24.2 Å². The fourth-order valence-electron chi connectivity index (χ4n) is 3.32. The molecule has 6 heteroatoms. The van der Waals surface area contributed by atoms with Crippen LogP contribution in [0.15, 0.2) is 18.2 Å². The second-order valence-corrected chi connectivity index (χ2v) is 7.49. The molecule has 2 rings (SSSR count). The molecule has 0 aromatic heterocycles. The molecule has 0 atom stereocenters. The van der Waals surface area contributed by atoms with Crippen molar-refractivity contribution >= 4 is 17.7 Å². The SMILES string of the molecule is COc1ccc(NC(=O)OC(C)(C)C)c(C2(C(=O)O)CCCCC2)c1. The van der Waals surface area contributed by atoms with E-state index in [4.69, 9.17) is 9.47 Å². The predicted molar refractivity (Wildman–Crippen MR) is 95.2 cm³/mol. The number of nitrogens with one attached hydrogen (secondary N) is 1. The van der Waals surface area contributed by atoms with Crippen molar-refractivity contribution in [3.63, 3.8) is 0 Å². The number of hydrogen-bond donors (Lipinski definition) is 2. The molecule has 1 aromatic rings. The molecule has 1 fully saturated rings. The highest BCUT2D eigenvalue weighted by Crippen LogP contribution is 2.44. The minimum atomic E-state index is -1.02. The summed E-state index contributed by atoms with van der Waals surface area (Å²) in [5.41, 5.74) is -0.618. The molecule has 2 N–H and O–H groups in total. The van der Waals surface area contributed by atoms with Crippen LogP contribution in [-0.2, 0) is 14.9 Å². The normalized spacial score (nSPS) is 16.8. The van der Waals surface area contributed by atoms with Gasteiger partial charge in [0.05, 0.1) is 12.5 Å². The van der Waals surface area contributed by atoms with Gasteiger partial charge in [0.1, 0.15) is 11.4 Å². The third kappa shape index (κ3) is 4.44. The molecule has 0 saturated heterocycles. The maximum absolute atomic E-state index is 12.2. The van der Waals surface area contributed by atoms with Crippen molar-refractivity contribution in [2.45, 2.75) is 63.9 Å². The van der Waals surface area contributed by atoms with E-state index in [1.54, 1.807) is 39.0 Å². The van der Waals surface area contributed by atoms with Gasteiger partial charge in [0.25, 0.3) is 0 Å². The molecule has 1 saturated carbocycles. The Kier molecular flexibility index (Phi) is 5.60. The van der Waals surface area contributed by atoms with Crippen LogP contribution in [-0.4, -0.2) is 29.9 Å². The lowest BCUT2D eigenvalue weighted by molar-refractivity contribution is -0.145. The number of carboxylic acids is 1. The zero-order valence-electron chi connectivity index (χ0n) is 15.3. The molecule has 138 valence electrons. The first-order valence-electron chi connectivity index (χ1n) is 8.60. The van der Waals surface area contributed by atoms with Crippen molar-refractivity contribution in [3.8, 4) is 5.75 Å². The van der Waals surface area contributed by atoms with E-state index in [9.17, 15) is 14.7 Å². The number of carbonyl (C=O) groups is 2. The van der Waals surface area contributed by atoms with Crippen LogP contribution in [0.2, 0.25) is 0 Å². The average molecular weight is 349 g/mol. The number of aliphatic carboxylic acids is 1. The topological polar surface area (TPSA) is 84.9 Å². The van der Waals surface area contributed by atoms with E-state index < -0.39 is 23.1 Å². The van der Waals surface area contributed by atoms with Crippen LogP contribution in [0.1, 0.15) is 58.4 Å². The van der Waals surface area contributed by atoms with Crippen LogP contribution in [0, 0.1) is 0 Å². The zero-order valence-corrected chi connectivity index (χ0v) is 15.3. The highest BCUT2D eigenvalue weighted by atomic mass is 16.6. The molecule has 1 aliphatic carbocycles. The number of rotatable bonds is 4. The van der Waals surface area contributed by atoms with Crippen LogP contribution < -0.4 is 10.1 Å². The van der Waals surface area contributed by atoms with Gasteiger partial charge in [-0.05, 0) is 57.4 Å². The van der Waals surface area contributed by atoms with Crippen LogP contribution in [0.4, 0.5) is 10.5 Å². The zero-order chi connectivity index (χ0) is 18.7. The van der Waals surface area contributed by atoms with Crippen LogP contribution in [0.25, 0.3) is 0 Å². The number of hydrogen-bond acceptors (Lipinski definition) is 4. The first kappa shape index (κ1) is 19.1. The summed E-state index contributed by atoms with van der Waals surface area (Å²) >= 11 is 0. The van der Waals surface area contributed by atoms with Crippen molar-refractivity contribution in [1.29, 1.82) is 0 Å². The first-order valence-corrected chi connectivity index (χ1v) is 8.60. The highest BCUT2D eigenvalue weighted by molar-refractivity contribution is 5.90. The number of carboxylic acid groups (broad SMARTS) is 1. The Balaban J connectivity index is 2.43. The molecule has 0 unspecified atom stereocenters. The quantitative estimate of drug-likeness (QED) is 0.845. The van der Waals surface area contributed by atoms with Crippen molar-refractivity contribution in [2.24, 2.45) is 0 Å². The number of ether oxygens (including phenoxy) is 2. The molecule has 0 bridgehead atoms. The summed E-state index contributed by atoms with van der Waals surface area (Å²) < 4.78 is 10.6. The third-order valence-corrected chi connectivity index (χ3v) is 4.49. The lowest BCUT2D eigenvalue weighted by Gasteiger charge is -2.35. The fourth-order valence-corrected chi connectivity index (χ4v) is 3.32. The molecular weight excluding hydrogens is 322 g/mol. The number of benzene rings is 1. The van der Waals surface area contributed by atoms with E-state index in [2.05, 4.69) is 5.32 Å². The molecule has 25 heavy (non-hydrogen) atoms. The van der Waals surface area contributed by atoms with Gasteiger partial charge in [0.2, 0.25) is 0 Å². The maximum atomic E-state index is 12.2.